The van der Waals surface area contributed by atoms with Gasteiger partial charge in [0.25, 0.3) is 0 Å². The van der Waals surface area contributed by atoms with Crippen LogP contribution in [-0.2, 0) is 19.9 Å². The van der Waals surface area contributed by atoms with E-state index in [1.807, 2.05) is 6.07 Å². The van der Waals surface area contributed by atoms with E-state index in [-0.39, 0.29) is 29.7 Å². The van der Waals surface area contributed by atoms with E-state index in [9.17, 15) is 14.7 Å². The molecule has 124 valence electrons. The molecule has 23 heavy (non-hydrogen) atoms. The van der Waals surface area contributed by atoms with Crippen molar-refractivity contribution >= 4 is 35.0 Å². The highest BCUT2D eigenvalue weighted by atomic mass is 35.5. The summed E-state index contributed by atoms with van der Waals surface area (Å²) in [6.07, 6.45) is 1.44. The molecule has 1 fully saturated rings. The average Bonchev–Trinajstić information content (AvgIpc) is 2.47. The Morgan fingerprint density at radius 3 is 2.61 bits per heavy atom. The van der Waals surface area contributed by atoms with Gasteiger partial charge in [-0.3, -0.25) is 9.59 Å². The van der Waals surface area contributed by atoms with Gasteiger partial charge in [0.2, 0.25) is 0 Å². The van der Waals surface area contributed by atoms with Gasteiger partial charge < -0.3 is 9.84 Å². The van der Waals surface area contributed by atoms with E-state index in [1.54, 1.807) is 31.2 Å². The fraction of sp³-hybridized carbons (Fsp3) is 0.412. The first-order valence-corrected chi connectivity index (χ1v) is 8.13. The molecule has 1 aromatic carbocycles. The number of benzene rings is 1. The van der Waals surface area contributed by atoms with Crippen LogP contribution < -0.4 is 0 Å². The molecule has 1 saturated carbocycles. The molecule has 0 amide bonds. The van der Waals surface area contributed by atoms with Crippen LogP contribution in [0.5, 0.6) is 0 Å². The van der Waals surface area contributed by atoms with Gasteiger partial charge in [-0.2, -0.15) is 0 Å². The maximum atomic E-state index is 12.5. The molecule has 1 aliphatic carbocycles. The van der Waals surface area contributed by atoms with E-state index in [2.05, 4.69) is 0 Å². The van der Waals surface area contributed by atoms with Gasteiger partial charge in [0.1, 0.15) is 10.4 Å². The molecule has 0 radical (unpaired) electrons. The summed E-state index contributed by atoms with van der Waals surface area (Å²) in [5.41, 5.74) is -0.731. The minimum absolute atomic E-state index is 0.0468. The lowest BCUT2D eigenvalue weighted by molar-refractivity contribution is -0.159. The first-order valence-electron chi connectivity index (χ1n) is 7.37. The van der Waals surface area contributed by atoms with Crippen molar-refractivity contribution in [1.82, 2.24) is 0 Å². The van der Waals surface area contributed by atoms with Gasteiger partial charge in [0.05, 0.1) is 12.2 Å². The second-order valence-electron chi connectivity index (χ2n) is 5.59. The topological polar surface area (TPSA) is 63.6 Å². The first kappa shape index (κ1) is 18.0. The molecule has 0 aromatic heterocycles. The SMILES string of the molecule is CCOC(=O)[C@@H]1C(=O)C[C@](O)(c2ccccc2)C[C@@H]1C=C(Cl)Cl. The highest BCUT2D eigenvalue weighted by Gasteiger charge is 2.48. The van der Waals surface area contributed by atoms with E-state index in [1.165, 1.54) is 6.08 Å². The van der Waals surface area contributed by atoms with Gasteiger partial charge in [-0.15, -0.1) is 0 Å². The molecule has 0 saturated heterocycles. The highest BCUT2D eigenvalue weighted by molar-refractivity contribution is 6.55. The van der Waals surface area contributed by atoms with Crippen molar-refractivity contribution < 1.29 is 19.4 Å². The van der Waals surface area contributed by atoms with Crippen molar-refractivity contribution in [2.75, 3.05) is 6.61 Å². The number of hydrogen-bond donors (Lipinski definition) is 1. The van der Waals surface area contributed by atoms with Gasteiger partial charge in [0.15, 0.2) is 5.78 Å². The van der Waals surface area contributed by atoms with Crippen LogP contribution in [0.2, 0.25) is 0 Å². The summed E-state index contributed by atoms with van der Waals surface area (Å²) < 4.78 is 4.93. The van der Waals surface area contributed by atoms with Crippen LogP contribution >= 0.6 is 23.2 Å². The molecule has 0 aliphatic heterocycles. The molecule has 4 nitrogen and oxygen atoms in total. The van der Waals surface area contributed by atoms with Crippen molar-refractivity contribution in [3.8, 4) is 0 Å². The molecule has 6 heteroatoms. The normalized spacial score (nSPS) is 27.4. The molecule has 2 rings (SSSR count). The number of carbonyl (C=O) groups excluding carboxylic acids is 2. The molecule has 0 unspecified atom stereocenters. The molecule has 1 N–H and O–H groups in total. The van der Waals surface area contributed by atoms with Crippen LogP contribution in [0.1, 0.15) is 25.3 Å². The van der Waals surface area contributed by atoms with Crippen LogP contribution in [-0.4, -0.2) is 23.5 Å². The Morgan fingerprint density at radius 2 is 2.04 bits per heavy atom. The molecular formula is C17H18Cl2O4. The van der Waals surface area contributed by atoms with Crippen molar-refractivity contribution in [3.05, 3.63) is 46.5 Å². The lowest BCUT2D eigenvalue weighted by atomic mass is 9.68. The zero-order chi connectivity index (χ0) is 17.0. The number of ketones is 1. The number of halogens is 2. The second kappa shape index (κ2) is 7.47. The number of hydrogen-bond acceptors (Lipinski definition) is 4. The van der Waals surface area contributed by atoms with E-state index < -0.39 is 23.4 Å². The third kappa shape index (κ3) is 4.14. The van der Waals surface area contributed by atoms with E-state index in [0.29, 0.717) is 5.56 Å². The standard InChI is InChI=1S/C17H18Cl2O4/c1-2-23-16(21)15-11(8-14(18)19)9-17(22,10-13(15)20)12-6-4-3-5-7-12/h3-8,11,15,22H,2,9-10H2,1H3/t11-,15-,17-/m0/s1. The molecule has 3 atom stereocenters. The zero-order valence-electron chi connectivity index (χ0n) is 12.7. The van der Waals surface area contributed by atoms with Gasteiger partial charge in [-0.1, -0.05) is 53.5 Å². The Labute approximate surface area is 145 Å². The maximum absolute atomic E-state index is 12.5. The Bertz CT molecular complexity index is 610. The summed E-state index contributed by atoms with van der Waals surface area (Å²) in [5.74, 6) is -2.60. The third-order valence-electron chi connectivity index (χ3n) is 4.01. The zero-order valence-corrected chi connectivity index (χ0v) is 14.2. The maximum Gasteiger partial charge on any atom is 0.317 e. The average molecular weight is 357 g/mol. The quantitative estimate of drug-likeness (QED) is 0.663. The van der Waals surface area contributed by atoms with Crippen molar-refractivity contribution in [2.24, 2.45) is 11.8 Å². The van der Waals surface area contributed by atoms with Crippen molar-refractivity contribution in [2.45, 2.75) is 25.4 Å². The van der Waals surface area contributed by atoms with Crippen LogP contribution in [0.25, 0.3) is 0 Å². The van der Waals surface area contributed by atoms with E-state index in [4.69, 9.17) is 27.9 Å². The summed E-state index contributed by atoms with van der Waals surface area (Å²) in [5, 5.41) is 10.9. The van der Waals surface area contributed by atoms with E-state index >= 15 is 0 Å². The molecule has 0 spiro atoms. The second-order valence-corrected chi connectivity index (χ2v) is 6.60. The number of aliphatic hydroxyl groups is 1. The Hall–Kier alpha value is -1.36. The number of carbonyl (C=O) groups is 2. The van der Waals surface area contributed by atoms with Crippen molar-refractivity contribution in [1.29, 1.82) is 0 Å². The smallest absolute Gasteiger partial charge is 0.317 e. The fourth-order valence-corrected chi connectivity index (χ4v) is 3.36. The predicted octanol–water partition coefficient (Wildman–Crippen LogP) is 3.35. The fourth-order valence-electron chi connectivity index (χ4n) is 3.04. The molecule has 0 heterocycles. The summed E-state index contributed by atoms with van der Waals surface area (Å²) in [7, 11) is 0. The number of Topliss-reactive ketones (excluding diaryl/α,β-unsaturated/α-hetero) is 1. The molecule has 0 bridgehead atoms. The predicted molar refractivity (Wildman–Crippen MR) is 88.0 cm³/mol. The largest absolute Gasteiger partial charge is 0.465 e. The van der Waals surface area contributed by atoms with Crippen LogP contribution in [0.4, 0.5) is 0 Å². The van der Waals surface area contributed by atoms with Crippen LogP contribution in [0, 0.1) is 11.8 Å². The highest BCUT2D eigenvalue weighted by Crippen LogP contribution is 2.42. The number of rotatable bonds is 4. The van der Waals surface area contributed by atoms with Gasteiger partial charge in [-0.25, -0.2) is 0 Å². The molecule has 1 aromatic rings. The lowest BCUT2D eigenvalue weighted by Gasteiger charge is -2.38. The first-order chi connectivity index (χ1) is 10.9. The van der Waals surface area contributed by atoms with Crippen LogP contribution in [0.15, 0.2) is 40.9 Å². The van der Waals surface area contributed by atoms with Gasteiger partial charge in [-0.05, 0) is 25.0 Å². The molecular weight excluding hydrogens is 339 g/mol. The van der Waals surface area contributed by atoms with Gasteiger partial charge >= 0.3 is 5.97 Å². The summed E-state index contributed by atoms with van der Waals surface area (Å²) in [6.45, 7) is 1.85. The third-order valence-corrected chi connectivity index (χ3v) is 4.26. The molecule has 1 aliphatic rings. The Balaban J connectivity index is 2.37. The Morgan fingerprint density at radius 1 is 1.39 bits per heavy atom. The summed E-state index contributed by atoms with van der Waals surface area (Å²) in [6, 6.07) is 8.90. The van der Waals surface area contributed by atoms with Crippen LogP contribution in [0.3, 0.4) is 0 Å². The minimum Gasteiger partial charge on any atom is -0.465 e. The number of esters is 1. The lowest BCUT2D eigenvalue weighted by Crippen LogP contribution is -2.45. The van der Waals surface area contributed by atoms with Gasteiger partial charge in [0, 0.05) is 12.3 Å². The number of allylic oxidation sites excluding steroid dienone is 1. The Kier molecular flexibility index (Phi) is 5.84. The minimum atomic E-state index is -1.36. The summed E-state index contributed by atoms with van der Waals surface area (Å²) >= 11 is 11.5. The van der Waals surface area contributed by atoms with Crippen molar-refractivity contribution in [3.63, 3.8) is 0 Å². The summed E-state index contributed by atoms with van der Waals surface area (Å²) in [4.78, 5) is 24.6. The van der Waals surface area contributed by atoms with E-state index in [0.717, 1.165) is 0 Å². The number of ether oxygens (including phenoxy) is 1. The monoisotopic (exact) mass is 356 g/mol.